The fraction of sp³-hybridized carbons (Fsp3) is 0.267. The van der Waals surface area contributed by atoms with Crippen molar-refractivity contribution in [3.05, 3.63) is 47.7 Å². The Labute approximate surface area is 111 Å². The Bertz CT molecular complexity index is 535. The topological polar surface area (TPSA) is 61.2 Å². The Kier molecular flexibility index (Phi) is 4.09. The normalized spacial score (nSPS) is 13.9. The maximum Gasteiger partial charge on any atom is 0.265 e. The number of carbonyl (C=O) groups is 2. The van der Waals surface area contributed by atoms with E-state index < -0.39 is 0 Å². The quantitative estimate of drug-likeness (QED) is 0.599. The van der Waals surface area contributed by atoms with E-state index in [9.17, 15) is 9.59 Å². The first-order valence-electron chi connectivity index (χ1n) is 6.26. The van der Waals surface area contributed by atoms with Crippen LogP contribution in [0.1, 0.15) is 46.4 Å². The third kappa shape index (κ3) is 2.71. The van der Waals surface area contributed by atoms with Gasteiger partial charge in [-0.3, -0.25) is 9.59 Å². The molecule has 1 aromatic carbocycles. The molecule has 0 unspecified atom stereocenters. The van der Waals surface area contributed by atoms with Crippen molar-refractivity contribution in [1.82, 2.24) is 4.90 Å². The third-order valence-electron chi connectivity index (χ3n) is 2.99. The average Bonchev–Trinajstić information content (AvgIpc) is 2.68. The summed E-state index contributed by atoms with van der Waals surface area (Å²) < 4.78 is 0. The van der Waals surface area contributed by atoms with Crippen LogP contribution in [-0.2, 0) is 0 Å². The van der Waals surface area contributed by atoms with Gasteiger partial charge in [0.15, 0.2) is 0 Å². The van der Waals surface area contributed by atoms with Gasteiger partial charge in [0.25, 0.3) is 11.8 Å². The first kappa shape index (κ1) is 13.0. The summed E-state index contributed by atoms with van der Waals surface area (Å²) in [5.74, 6) is -0.539. The zero-order valence-electron chi connectivity index (χ0n) is 10.5. The van der Waals surface area contributed by atoms with Crippen LogP contribution in [0.2, 0.25) is 0 Å². The van der Waals surface area contributed by atoms with Crippen LogP contribution in [0.25, 0.3) is 0 Å². The van der Waals surface area contributed by atoms with Gasteiger partial charge in [0.2, 0.25) is 0 Å². The molecule has 96 valence electrons. The number of imide groups is 1. The number of nitrogens with zero attached hydrogens (tertiary/aromatic N) is 2. The number of nitriles is 1. The average molecular weight is 254 g/mol. The van der Waals surface area contributed by atoms with Crippen LogP contribution < -0.4 is 0 Å². The number of unbranched alkanes of at least 4 members (excludes halogenated alkanes) is 3. The lowest BCUT2D eigenvalue weighted by molar-refractivity contribution is 0.0721. The lowest BCUT2D eigenvalue weighted by Crippen LogP contribution is -2.23. The van der Waals surface area contributed by atoms with Gasteiger partial charge in [0.05, 0.1) is 17.2 Å². The summed E-state index contributed by atoms with van der Waals surface area (Å²) >= 11 is 0. The molecule has 19 heavy (non-hydrogen) atoms. The van der Waals surface area contributed by atoms with Crippen molar-refractivity contribution in [1.29, 1.82) is 5.26 Å². The van der Waals surface area contributed by atoms with Crippen molar-refractivity contribution in [2.75, 3.05) is 0 Å². The first-order chi connectivity index (χ1) is 9.25. The van der Waals surface area contributed by atoms with E-state index in [1.165, 1.54) is 6.20 Å². The zero-order valence-corrected chi connectivity index (χ0v) is 10.5. The Hall–Kier alpha value is -2.41. The Balaban J connectivity index is 1.97. The van der Waals surface area contributed by atoms with E-state index in [4.69, 9.17) is 5.26 Å². The molecule has 1 aliphatic heterocycles. The van der Waals surface area contributed by atoms with E-state index in [0.29, 0.717) is 17.5 Å². The molecule has 0 saturated heterocycles. The lowest BCUT2D eigenvalue weighted by atomic mass is 10.1. The van der Waals surface area contributed by atoms with Crippen LogP contribution in [0.15, 0.2) is 36.5 Å². The molecule has 1 heterocycles. The van der Waals surface area contributed by atoms with Gasteiger partial charge >= 0.3 is 0 Å². The molecule has 0 fully saturated rings. The maximum absolute atomic E-state index is 12.0. The van der Waals surface area contributed by atoms with Crippen LogP contribution in [0.3, 0.4) is 0 Å². The standard InChI is InChI=1S/C15H14N2O2/c16-10-6-2-1-3-7-11-17-14(18)12-8-4-5-9-13(12)15(17)19/h4-5,7-9,11H,1-3,6H2/b11-7+. The Morgan fingerprint density at radius 1 is 1.11 bits per heavy atom. The SMILES string of the molecule is N#CCCCC/C=C/N1C(=O)c2ccccc2C1=O. The molecule has 0 aromatic heterocycles. The van der Waals surface area contributed by atoms with Gasteiger partial charge in [-0.05, 0) is 31.4 Å². The summed E-state index contributed by atoms with van der Waals surface area (Å²) in [7, 11) is 0. The molecule has 0 bridgehead atoms. The van der Waals surface area contributed by atoms with Gasteiger partial charge in [0.1, 0.15) is 0 Å². The monoisotopic (exact) mass is 254 g/mol. The van der Waals surface area contributed by atoms with Gasteiger partial charge in [-0.2, -0.15) is 5.26 Å². The van der Waals surface area contributed by atoms with Crippen molar-refractivity contribution in [2.24, 2.45) is 0 Å². The second kappa shape index (κ2) is 5.96. The van der Waals surface area contributed by atoms with Crippen molar-refractivity contribution >= 4 is 11.8 Å². The van der Waals surface area contributed by atoms with Crippen LogP contribution in [0, 0.1) is 11.3 Å². The van der Waals surface area contributed by atoms with Gasteiger partial charge in [0, 0.05) is 12.6 Å². The Morgan fingerprint density at radius 3 is 2.32 bits per heavy atom. The van der Waals surface area contributed by atoms with E-state index in [-0.39, 0.29) is 11.8 Å². The highest BCUT2D eigenvalue weighted by Crippen LogP contribution is 2.22. The third-order valence-corrected chi connectivity index (χ3v) is 2.99. The van der Waals surface area contributed by atoms with Crippen LogP contribution >= 0.6 is 0 Å². The molecule has 0 spiro atoms. The molecular formula is C15H14N2O2. The minimum absolute atomic E-state index is 0.270. The summed E-state index contributed by atoms with van der Waals surface area (Å²) in [4.78, 5) is 25.1. The number of allylic oxidation sites excluding steroid dienone is 1. The highest BCUT2D eigenvalue weighted by molar-refractivity contribution is 6.21. The fourth-order valence-electron chi connectivity index (χ4n) is 1.99. The highest BCUT2D eigenvalue weighted by Gasteiger charge is 2.33. The molecule has 0 saturated carbocycles. The van der Waals surface area contributed by atoms with E-state index >= 15 is 0 Å². The number of rotatable bonds is 5. The van der Waals surface area contributed by atoms with E-state index in [1.54, 1.807) is 30.3 Å². The first-order valence-corrected chi connectivity index (χ1v) is 6.26. The summed E-state index contributed by atoms with van der Waals surface area (Å²) in [5, 5.41) is 8.40. The van der Waals surface area contributed by atoms with Crippen molar-refractivity contribution in [3.63, 3.8) is 0 Å². The summed E-state index contributed by atoms with van der Waals surface area (Å²) in [6, 6.07) is 8.91. The summed E-state index contributed by atoms with van der Waals surface area (Å²) in [6.45, 7) is 0. The van der Waals surface area contributed by atoms with Gasteiger partial charge < -0.3 is 0 Å². The Morgan fingerprint density at radius 2 is 1.74 bits per heavy atom. The number of hydrogen-bond donors (Lipinski definition) is 0. The molecule has 1 aromatic rings. The maximum atomic E-state index is 12.0. The molecule has 2 rings (SSSR count). The van der Waals surface area contributed by atoms with Crippen molar-refractivity contribution in [3.8, 4) is 6.07 Å². The van der Waals surface area contributed by atoms with E-state index in [1.807, 2.05) is 0 Å². The van der Waals surface area contributed by atoms with E-state index in [0.717, 1.165) is 24.2 Å². The number of carbonyl (C=O) groups excluding carboxylic acids is 2. The van der Waals surface area contributed by atoms with E-state index in [2.05, 4.69) is 6.07 Å². The largest absolute Gasteiger partial charge is 0.268 e. The zero-order chi connectivity index (χ0) is 13.7. The molecule has 0 radical (unpaired) electrons. The highest BCUT2D eigenvalue weighted by atomic mass is 16.2. The van der Waals surface area contributed by atoms with Crippen molar-refractivity contribution in [2.45, 2.75) is 25.7 Å². The second-order valence-electron chi connectivity index (χ2n) is 4.31. The number of fused-ring (bicyclic) bond motifs is 1. The number of hydrogen-bond acceptors (Lipinski definition) is 3. The predicted molar refractivity (Wildman–Crippen MR) is 70.2 cm³/mol. The fourth-order valence-corrected chi connectivity index (χ4v) is 1.99. The predicted octanol–water partition coefficient (Wildman–Crippen LogP) is 2.88. The van der Waals surface area contributed by atoms with Crippen molar-refractivity contribution < 1.29 is 9.59 Å². The minimum atomic E-state index is -0.270. The molecule has 0 atom stereocenters. The van der Waals surface area contributed by atoms with Gasteiger partial charge in [-0.1, -0.05) is 18.2 Å². The molecule has 2 amide bonds. The van der Waals surface area contributed by atoms with Crippen LogP contribution in [0.5, 0.6) is 0 Å². The number of benzene rings is 1. The minimum Gasteiger partial charge on any atom is -0.268 e. The molecule has 1 aliphatic rings. The summed E-state index contributed by atoms with van der Waals surface area (Å²) in [5.41, 5.74) is 0.920. The molecule has 0 aliphatic carbocycles. The molecular weight excluding hydrogens is 240 g/mol. The number of amides is 2. The molecule has 4 heteroatoms. The van der Waals surface area contributed by atoms with Crippen LogP contribution in [0.4, 0.5) is 0 Å². The lowest BCUT2D eigenvalue weighted by Gasteiger charge is -2.06. The second-order valence-corrected chi connectivity index (χ2v) is 4.31. The van der Waals surface area contributed by atoms with Gasteiger partial charge in [-0.15, -0.1) is 0 Å². The molecule has 0 N–H and O–H groups in total. The van der Waals surface area contributed by atoms with Gasteiger partial charge in [-0.25, -0.2) is 4.90 Å². The smallest absolute Gasteiger partial charge is 0.265 e. The summed E-state index contributed by atoms with van der Waals surface area (Å²) in [6.07, 6.45) is 6.36. The molecule has 4 nitrogen and oxygen atoms in total. The van der Waals surface area contributed by atoms with Crippen LogP contribution in [-0.4, -0.2) is 16.7 Å².